The number of nitriles is 1. The van der Waals surface area contributed by atoms with Gasteiger partial charge in [-0.2, -0.15) is 5.26 Å². The molecule has 0 aliphatic heterocycles. The number of rotatable bonds is 2. The van der Waals surface area contributed by atoms with Gasteiger partial charge in [-0.25, -0.2) is 0 Å². The fraction of sp³-hybridized carbons (Fsp3) is 0.462. The van der Waals surface area contributed by atoms with Crippen molar-refractivity contribution in [2.45, 2.75) is 37.8 Å². The van der Waals surface area contributed by atoms with Gasteiger partial charge < -0.3 is 11.1 Å². The van der Waals surface area contributed by atoms with Crippen molar-refractivity contribution < 1.29 is 0 Å². The second-order valence-corrected chi connectivity index (χ2v) is 5.42. The highest BCUT2D eigenvalue weighted by atomic mass is 79.9. The average molecular weight is 294 g/mol. The van der Waals surface area contributed by atoms with Gasteiger partial charge in [0.05, 0.1) is 11.3 Å². The molecule has 1 saturated carbocycles. The van der Waals surface area contributed by atoms with Crippen LogP contribution in [0.1, 0.15) is 31.2 Å². The first-order valence-electron chi connectivity index (χ1n) is 5.92. The largest absolute Gasteiger partial charge is 0.380 e. The van der Waals surface area contributed by atoms with Crippen molar-refractivity contribution in [2.75, 3.05) is 5.32 Å². The second-order valence-electron chi connectivity index (χ2n) is 4.50. The molecule has 2 rings (SSSR count). The first kappa shape index (κ1) is 12.4. The Kier molecular flexibility index (Phi) is 4.03. The number of nitrogens with one attached hydrogen (secondary N) is 1. The fourth-order valence-electron chi connectivity index (χ4n) is 2.27. The molecule has 2 atom stereocenters. The number of hydrogen-bond acceptors (Lipinski definition) is 3. The van der Waals surface area contributed by atoms with Crippen molar-refractivity contribution in [3.05, 3.63) is 28.2 Å². The Morgan fingerprint density at radius 1 is 1.35 bits per heavy atom. The predicted octanol–water partition coefficient (Wildman–Crippen LogP) is 3.00. The lowest BCUT2D eigenvalue weighted by Crippen LogP contribution is -2.42. The maximum atomic E-state index is 9.07. The summed E-state index contributed by atoms with van der Waals surface area (Å²) in [5.41, 5.74) is 7.65. The Morgan fingerprint density at radius 2 is 2.12 bits per heavy atom. The van der Waals surface area contributed by atoms with Gasteiger partial charge in [0, 0.05) is 16.6 Å². The third-order valence-electron chi connectivity index (χ3n) is 3.26. The smallest absolute Gasteiger partial charge is 0.101 e. The molecule has 3 N–H and O–H groups in total. The van der Waals surface area contributed by atoms with Gasteiger partial charge in [-0.3, -0.25) is 0 Å². The van der Waals surface area contributed by atoms with Crippen molar-refractivity contribution in [3.63, 3.8) is 0 Å². The summed E-state index contributed by atoms with van der Waals surface area (Å²) in [5, 5.41) is 12.5. The van der Waals surface area contributed by atoms with E-state index >= 15 is 0 Å². The van der Waals surface area contributed by atoms with Crippen molar-refractivity contribution in [1.29, 1.82) is 5.26 Å². The van der Waals surface area contributed by atoms with Crippen LogP contribution < -0.4 is 11.1 Å². The molecular formula is C13H16BrN3. The number of nitrogens with two attached hydrogens (primary N) is 1. The van der Waals surface area contributed by atoms with Gasteiger partial charge >= 0.3 is 0 Å². The Hall–Kier alpha value is -1.05. The molecule has 1 aromatic carbocycles. The molecule has 1 aliphatic carbocycles. The van der Waals surface area contributed by atoms with Crippen LogP contribution in [0.25, 0.3) is 0 Å². The minimum atomic E-state index is 0.189. The zero-order valence-electron chi connectivity index (χ0n) is 9.62. The molecule has 90 valence electrons. The van der Waals surface area contributed by atoms with Crippen LogP contribution in [0.5, 0.6) is 0 Å². The third-order valence-corrected chi connectivity index (χ3v) is 3.76. The summed E-state index contributed by atoms with van der Waals surface area (Å²) < 4.78 is 0.975. The third kappa shape index (κ3) is 2.99. The summed E-state index contributed by atoms with van der Waals surface area (Å²) in [6.07, 6.45) is 4.57. The molecule has 0 bridgehead atoms. The molecule has 0 radical (unpaired) electrons. The monoisotopic (exact) mass is 293 g/mol. The molecule has 1 fully saturated rings. The van der Waals surface area contributed by atoms with E-state index in [4.69, 9.17) is 11.0 Å². The average Bonchev–Trinajstić information content (AvgIpc) is 2.32. The zero-order chi connectivity index (χ0) is 12.3. The van der Waals surface area contributed by atoms with Gasteiger partial charge in [0.2, 0.25) is 0 Å². The molecule has 0 spiro atoms. The van der Waals surface area contributed by atoms with Crippen LogP contribution in [0.3, 0.4) is 0 Å². The van der Waals surface area contributed by atoms with Crippen LogP contribution in [-0.2, 0) is 0 Å². The molecule has 4 heteroatoms. The molecule has 0 aromatic heterocycles. The van der Waals surface area contributed by atoms with E-state index in [1.54, 1.807) is 0 Å². The molecule has 0 unspecified atom stereocenters. The number of hydrogen-bond donors (Lipinski definition) is 2. The molecule has 17 heavy (non-hydrogen) atoms. The van der Waals surface area contributed by atoms with E-state index in [9.17, 15) is 0 Å². The van der Waals surface area contributed by atoms with Gasteiger partial charge in [0.25, 0.3) is 0 Å². The van der Waals surface area contributed by atoms with E-state index in [0.29, 0.717) is 5.56 Å². The zero-order valence-corrected chi connectivity index (χ0v) is 11.2. The lowest BCUT2D eigenvalue weighted by molar-refractivity contribution is 0.404. The van der Waals surface area contributed by atoms with Crippen LogP contribution in [-0.4, -0.2) is 12.1 Å². The fourth-order valence-corrected chi connectivity index (χ4v) is 2.63. The molecule has 0 heterocycles. The summed E-state index contributed by atoms with van der Waals surface area (Å²) in [6.45, 7) is 0. The minimum absolute atomic E-state index is 0.189. The topological polar surface area (TPSA) is 61.8 Å². The summed E-state index contributed by atoms with van der Waals surface area (Å²) >= 11 is 3.42. The molecule has 0 saturated heterocycles. The second kappa shape index (κ2) is 5.52. The molecule has 1 aliphatic rings. The van der Waals surface area contributed by atoms with Crippen molar-refractivity contribution in [3.8, 4) is 6.07 Å². The number of halogens is 1. The van der Waals surface area contributed by atoms with Gasteiger partial charge in [-0.1, -0.05) is 28.8 Å². The van der Waals surface area contributed by atoms with Gasteiger partial charge in [0.15, 0.2) is 0 Å². The Morgan fingerprint density at radius 3 is 2.82 bits per heavy atom. The normalized spacial score (nSPS) is 24.1. The highest BCUT2D eigenvalue weighted by Crippen LogP contribution is 2.25. The quantitative estimate of drug-likeness (QED) is 0.881. The van der Waals surface area contributed by atoms with E-state index in [1.165, 1.54) is 12.8 Å². The van der Waals surface area contributed by atoms with Crippen LogP contribution in [0.15, 0.2) is 22.7 Å². The molecule has 3 nitrogen and oxygen atoms in total. The number of benzene rings is 1. The van der Waals surface area contributed by atoms with Gasteiger partial charge in [-0.05, 0) is 31.0 Å². The van der Waals surface area contributed by atoms with E-state index in [-0.39, 0.29) is 12.1 Å². The van der Waals surface area contributed by atoms with E-state index < -0.39 is 0 Å². The van der Waals surface area contributed by atoms with Crippen molar-refractivity contribution in [1.82, 2.24) is 0 Å². The Bertz CT molecular complexity index is 439. The predicted molar refractivity (Wildman–Crippen MR) is 72.7 cm³/mol. The van der Waals surface area contributed by atoms with Crippen molar-refractivity contribution in [2.24, 2.45) is 5.73 Å². The first-order chi connectivity index (χ1) is 8.20. The van der Waals surface area contributed by atoms with Gasteiger partial charge in [0.1, 0.15) is 6.07 Å². The lowest BCUT2D eigenvalue weighted by atomic mass is 9.90. The summed E-state index contributed by atoms with van der Waals surface area (Å²) in [7, 11) is 0. The summed E-state index contributed by atoms with van der Waals surface area (Å²) in [5.74, 6) is 0. The maximum absolute atomic E-state index is 9.07. The van der Waals surface area contributed by atoms with E-state index in [1.807, 2.05) is 18.2 Å². The number of anilines is 1. The van der Waals surface area contributed by atoms with Gasteiger partial charge in [-0.15, -0.1) is 0 Å². The Labute approximate surface area is 110 Å². The minimum Gasteiger partial charge on any atom is -0.380 e. The summed E-state index contributed by atoms with van der Waals surface area (Å²) in [6, 6.07) is 8.32. The SMILES string of the molecule is N#Cc1ccc(Br)cc1N[C@@H]1CCCC[C@H]1N. The van der Waals surface area contributed by atoms with Crippen LogP contribution in [0.2, 0.25) is 0 Å². The molecular weight excluding hydrogens is 278 g/mol. The van der Waals surface area contributed by atoms with Crippen LogP contribution in [0.4, 0.5) is 5.69 Å². The standard InChI is InChI=1S/C13H16BrN3/c14-10-6-5-9(8-15)13(7-10)17-12-4-2-1-3-11(12)16/h5-7,11-12,17H,1-4,16H2/t11-,12-/m1/s1. The van der Waals surface area contributed by atoms with E-state index in [0.717, 1.165) is 23.0 Å². The highest BCUT2D eigenvalue weighted by molar-refractivity contribution is 9.10. The van der Waals surface area contributed by atoms with E-state index in [2.05, 4.69) is 27.3 Å². The highest BCUT2D eigenvalue weighted by Gasteiger charge is 2.22. The van der Waals surface area contributed by atoms with Crippen LogP contribution in [0, 0.1) is 11.3 Å². The molecule has 1 aromatic rings. The van der Waals surface area contributed by atoms with Crippen molar-refractivity contribution >= 4 is 21.6 Å². The molecule has 0 amide bonds. The lowest BCUT2D eigenvalue weighted by Gasteiger charge is -2.30. The summed E-state index contributed by atoms with van der Waals surface area (Å²) in [4.78, 5) is 0. The van der Waals surface area contributed by atoms with Crippen LogP contribution >= 0.6 is 15.9 Å². The number of nitrogens with zero attached hydrogens (tertiary/aromatic N) is 1. The Balaban J connectivity index is 2.17. The first-order valence-corrected chi connectivity index (χ1v) is 6.72. The maximum Gasteiger partial charge on any atom is 0.101 e.